The first-order valence-corrected chi connectivity index (χ1v) is 7.12. The lowest BCUT2D eigenvalue weighted by molar-refractivity contribution is 0.0257. The van der Waals surface area contributed by atoms with Gasteiger partial charge in [-0.15, -0.1) is 8.58 Å². The van der Waals surface area contributed by atoms with Gasteiger partial charge in [0.15, 0.2) is 0 Å². The van der Waals surface area contributed by atoms with Gasteiger partial charge in [-0.25, -0.2) is 0 Å². The molecule has 4 saturated carbocycles. The van der Waals surface area contributed by atoms with Gasteiger partial charge in [-0.05, 0) is 68.1 Å². The van der Waals surface area contributed by atoms with Crippen LogP contribution in [0.4, 0.5) is 0 Å². The predicted molar refractivity (Wildman–Crippen MR) is 55.1 cm³/mol. The molecule has 4 rings (SSSR count). The van der Waals surface area contributed by atoms with Crippen molar-refractivity contribution < 1.29 is 0 Å². The van der Waals surface area contributed by atoms with E-state index in [1.54, 1.807) is 32.1 Å². The third-order valence-electron chi connectivity index (χ3n) is 4.56. The van der Waals surface area contributed by atoms with Crippen LogP contribution in [0.3, 0.4) is 0 Å². The number of hydrogen-bond acceptors (Lipinski definition) is 0. The molecule has 0 aromatic heterocycles. The molecule has 1 heteroatoms. The van der Waals surface area contributed by atoms with E-state index in [-0.39, 0.29) is 0 Å². The SMILES string of the molecule is CPC1C2CC3CC(C2)CC1C3. The quantitative estimate of drug-likeness (QED) is 0.546. The smallest absolute Gasteiger partial charge is 0.0182 e. The molecule has 4 aliphatic rings. The fraction of sp³-hybridized carbons (Fsp3) is 1.00. The third-order valence-corrected chi connectivity index (χ3v) is 6.17. The van der Waals surface area contributed by atoms with Crippen molar-refractivity contribution in [1.29, 1.82) is 0 Å². The van der Waals surface area contributed by atoms with Gasteiger partial charge in [0.25, 0.3) is 0 Å². The Balaban J connectivity index is 1.86. The maximum atomic E-state index is 2.44. The minimum absolute atomic E-state index is 1.16. The van der Waals surface area contributed by atoms with Crippen LogP contribution in [0.25, 0.3) is 0 Å². The summed E-state index contributed by atoms with van der Waals surface area (Å²) < 4.78 is 0. The summed E-state index contributed by atoms with van der Waals surface area (Å²) in [6.07, 6.45) is 8.04. The minimum Gasteiger partial charge on any atom is -0.122 e. The van der Waals surface area contributed by atoms with Gasteiger partial charge in [0.1, 0.15) is 0 Å². The summed E-state index contributed by atoms with van der Waals surface area (Å²) in [6.45, 7) is 2.44. The molecular formula is C11H19P. The first-order chi connectivity index (χ1) is 5.86. The Kier molecular flexibility index (Phi) is 1.76. The van der Waals surface area contributed by atoms with Crippen molar-refractivity contribution in [2.75, 3.05) is 6.66 Å². The van der Waals surface area contributed by atoms with Crippen LogP contribution in [0, 0.1) is 23.7 Å². The molecule has 68 valence electrons. The van der Waals surface area contributed by atoms with E-state index < -0.39 is 0 Å². The van der Waals surface area contributed by atoms with Gasteiger partial charge in [-0.3, -0.25) is 0 Å². The highest BCUT2D eigenvalue weighted by Gasteiger charge is 2.47. The van der Waals surface area contributed by atoms with Gasteiger partial charge >= 0.3 is 0 Å². The van der Waals surface area contributed by atoms with E-state index >= 15 is 0 Å². The molecule has 0 spiro atoms. The summed E-state index contributed by atoms with van der Waals surface area (Å²) in [4.78, 5) is 0. The molecule has 0 aliphatic heterocycles. The van der Waals surface area contributed by atoms with Gasteiger partial charge in [0, 0.05) is 0 Å². The maximum Gasteiger partial charge on any atom is -0.0182 e. The minimum atomic E-state index is 1.16. The average molecular weight is 182 g/mol. The van der Waals surface area contributed by atoms with Crippen molar-refractivity contribution in [3.05, 3.63) is 0 Å². The third kappa shape index (κ3) is 1.00. The van der Waals surface area contributed by atoms with E-state index in [0.717, 1.165) is 5.66 Å². The molecule has 4 aliphatic carbocycles. The molecule has 0 aromatic carbocycles. The lowest BCUT2D eigenvalue weighted by Gasteiger charge is -2.54. The molecule has 0 amide bonds. The molecule has 4 bridgehead atoms. The van der Waals surface area contributed by atoms with Crippen LogP contribution in [0.1, 0.15) is 32.1 Å². The van der Waals surface area contributed by atoms with Crippen LogP contribution in [-0.4, -0.2) is 12.3 Å². The van der Waals surface area contributed by atoms with Gasteiger partial charge < -0.3 is 0 Å². The van der Waals surface area contributed by atoms with Crippen molar-refractivity contribution in [3.63, 3.8) is 0 Å². The lowest BCUT2D eigenvalue weighted by atomic mass is 9.56. The van der Waals surface area contributed by atoms with Crippen LogP contribution in [0.5, 0.6) is 0 Å². The van der Waals surface area contributed by atoms with Crippen LogP contribution in [-0.2, 0) is 0 Å². The van der Waals surface area contributed by atoms with Crippen molar-refractivity contribution in [1.82, 2.24) is 0 Å². The maximum absolute atomic E-state index is 2.44. The Bertz CT molecular complexity index is 159. The van der Waals surface area contributed by atoms with E-state index in [9.17, 15) is 0 Å². The molecule has 0 heterocycles. The van der Waals surface area contributed by atoms with Crippen LogP contribution in [0.15, 0.2) is 0 Å². The average Bonchev–Trinajstić information content (AvgIpc) is 2.02. The molecule has 0 N–H and O–H groups in total. The Morgan fingerprint density at radius 1 is 0.833 bits per heavy atom. The van der Waals surface area contributed by atoms with Gasteiger partial charge in [-0.1, -0.05) is 0 Å². The van der Waals surface area contributed by atoms with E-state index in [2.05, 4.69) is 6.66 Å². The van der Waals surface area contributed by atoms with E-state index in [1.165, 1.54) is 32.3 Å². The van der Waals surface area contributed by atoms with Crippen molar-refractivity contribution >= 4 is 8.58 Å². The van der Waals surface area contributed by atoms with Crippen molar-refractivity contribution in [2.45, 2.75) is 37.8 Å². The topological polar surface area (TPSA) is 0 Å². The fourth-order valence-electron chi connectivity index (χ4n) is 4.40. The van der Waals surface area contributed by atoms with Gasteiger partial charge in [0.05, 0.1) is 0 Å². The van der Waals surface area contributed by atoms with Gasteiger partial charge in [-0.2, -0.15) is 0 Å². The highest BCUT2D eigenvalue weighted by molar-refractivity contribution is 7.38. The van der Waals surface area contributed by atoms with Crippen molar-refractivity contribution in [2.24, 2.45) is 23.7 Å². The normalized spacial score (nSPS) is 57.2. The second-order valence-corrected chi connectivity index (χ2v) is 6.49. The first kappa shape index (κ1) is 7.80. The summed E-state index contributed by atoms with van der Waals surface area (Å²) in [5.74, 6) is 4.68. The van der Waals surface area contributed by atoms with Crippen LogP contribution in [0.2, 0.25) is 0 Å². The first-order valence-electron chi connectivity index (χ1n) is 5.54. The number of rotatable bonds is 1. The van der Waals surface area contributed by atoms with Gasteiger partial charge in [0.2, 0.25) is 0 Å². The largest absolute Gasteiger partial charge is 0.122 e. The summed E-state index contributed by atoms with van der Waals surface area (Å²) >= 11 is 0. The van der Waals surface area contributed by atoms with Crippen molar-refractivity contribution in [3.8, 4) is 0 Å². The highest BCUT2D eigenvalue weighted by Crippen LogP contribution is 2.57. The molecular weight excluding hydrogens is 163 g/mol. The molecule has 1 atom stereocenters. The second kappa shape index (κ2) is 2.71. The zero-order valence-electron chi connectivity index (χ0n) is 7.92. The van der Waals surface area contributed by atoms with E-state index in [0.29, 0.717) is 0 Å². The molecule has 12 heavy (non-hydrogen) atoms. The summed E-state index contributed by atoms with van der Waals surface area (Å²) in [6, 6.07) is 0. The molecule has 4 fully saturated rings. The lowest BCUT2D eigenvalue weighted by Crippen LogP contribution is -2.46. The Labute approximate surface area is 77.3 Å². The summed E-state index contributed by atoms with van der Waals surface area (Å²) in [5, 5.41) is 0. The second-order valence-electron chi connectivity index (χ2n) is 5.25. The summed E-state index contributed by atoms with van der Waals surface area (Å²) in [7, 11) is 1.24. The number of hydrogen-bond donors (Lipinski definition) is 0. The molecule has 0 radical (unpaired) electrons. The fourth-order valence-corrected chi connectivity index (χ4v) is 5.88. The van der Waals surface area contributed by atoms with E-state index in [4.69, 9.17) is 0 Å². The van der Waals surface area contributed by atoms with Crippen LogP contribution >= 0.6 is 8.58 Å². The highest BCUT2D eigenvalue weighted by atomic mass is 31.1. The van der Waals surface area contributed by atoms with E-state index in [1.807, 2.05) is 0 Å². The molecule has 0 nitrogen and oxygen atoms in total. The molecule has 1 unspecified atom stereocenters. The zero-order chi connectivity index (χ0) is 8.13. The molecule has 0 saturated heterocycles. The predicted octanol–water partition coefficient (Wildman–Crippen LogP) is 3.12. The zero-order valence-corrected chi connectivity index (χ0v) is 8.92. The summed E-state index contributed by atoms with van der Waals surface area (Å²) in [5.41, 5.74) is 1.16. The Morgan fingerprint density at radius 3 is 1.75 bits per heavy atom. The Hall–Kier alpha value is 0.430. The monoisotopic (exact) mass is 182 g/mol. The Morgan fingerprint density at radius 2 is 1.33 bits per heavy atom. The standard InChI is InChI=1S/C11H19P/c1-12-11-9-3-7-2-8(5-9)6-10(11)4-7/h7-12H,2-6H2,1H3. The van der Waals surface area contributed by atoms with Crippen LogP contribution < -0.4 is 0 Å². The molecule has 0 aromatic rings.